The summed E-state index contributed by atoms with van der Waals surface area (Å²) in [4.78, 5) is 35.1. The van der Waals surface area contributed by atoms with Gasteiger partial charge in [-0.25, -0.2) is 5.43 Å². The van der Waals surface area contributed by atoms with Gasteiger partial charge in [0, 0.05) is 4.47 Å². The maximum Gasteiger partial charge on any atom is 0.259 e. The van der Waals surface area contributed by atoms with Crippen LogP contribution in [-0.2, 0) is 4.79 Å². The van der Waals surface area contributed by atoms with Crippen LogP contribution in [0.1, 0.15) is 15.9 Å². The standard InChI is InChI=1S/C22H18BrN5O5/c23-18-7-2-1-6-17(18)22(30)24-13-21(29)26-25-12-14-4-3-5-16(10-14)33-20-9-8-15(27-31)11-19(20)28-32/h1-12,27,31H,13H2,(H,24,30)(H,26,29). The summed E-state index contributed by atoms with van der Waals surface area (Å²) in [6.45, 7) is -0.249. The van der Waals surface area contributed by atoms with Crippen LogP contribution in [0.15, 0.2) is 81.5 Å². The average Bonchev–Trinajstić information content (AvgIpc) is 2.83. The van der Waals surface area contributed by atoms with Crippen LogP contribution in [0.4, 0.5) is 11.4 Å². The van der Waals surface area contributed by atoms with Crippen molar-refractivity contribution >= 4 is 45.3 Å². The molecular weight excluding hydrogens is 494 g/mol. The first-order valence-electron chi connectivity index (χ1n) is 9.50. The van der Waals surface area contributed by atoms with Gasteiger partial charge in [0.15, 0.2) is 11.4 Å². The number of ether oxygens (including phenoxy) is 1. The maximum absolute atomic E-state index is 12.1. The summed E-state index contributed by atoms with van der Waals surface area (Å²) in [5, 5.41) is 18.2. The van der Waals surface area contributed by atoms with Crippen molar-refractivity contribution in [2.45, 2.75) is 0 Å². The molecule has 168 valence electrons. The van der Waals surface area contributed by atoms with E-state index in [1.807, 2.05) is 5.48 Å². The molecule has 10 nitrogen and oxygen atoms in total. The highest BCUT2D eigenvalue weighted by Crippen LogP contribution is 2.34. The molecule has 0 aromatic heterocycles. The number of nitrogens with one attached hydrogen (secondary N) is 3. The number of carbonyl (C=O) groups is 2. The molecule has 3 aromatic rings. The van der Waals surface area contributed by atoms with Gasteiger partial charge in [-0.2, -0.15) is 5.10 Å². The van der Waals surface area contributed by atoms with Crippen molar-refractivity contribution in [1.82, 2.24) is 10.7 Å². The van der Waals surface area contributed by atoms with E-state index in [9.17, 15) is 14.5 Å². The monoisotopic (exact) mass is 511 g/mol. The van der Waals surface area contributed by atoms with Gasteiger partial charge in [0.2, 0.25) is 0 Å². The lowest BCUT2D eigenvalue weighted by Crippen LogP contribution is -2.35. The second-order valence-corrected chi connectivity index (χ2v) is 7.37. The topological polar surface area (TPSA) is 141 Å². The Bertz CT molecular complexity index is 1200. The maximum atomic E-state index is 12.1. The number of rotatable bonds is 9. The number of hydrazone groups is 1. The Hall–Kier alpha value is -4.09. The summed E-state index contributed by atoms with van der Waals surface area (Å²) < 4.78 is 6.31. The van der Waals surface area contributed by atoms with Gasteiger partial charge in [-0.3, -0.25) is 20.3 Å². The summed E-state index contributed by atoms with van der Waals surface area (Å²) in [5.41, 5.74) is 5.58. The molecule has 11 heteroatoms. The molecule has 3 rings (SSSR count). The Labute approximate surface area is 196 Å². The Morgan fingerprint density at radius 2 is 1.88 bits per heavy atom. The number of hydrogen-bond donors (Lipinski definition) is 4. The van der Waals surface area contributed by atoms with E-state index in [0.717, 1.165) is 0 Å². The Balaban J connectivity index is 1.55. The van der Waals surface area contributed by atoms with Crippen LogP contribution < -0.4 is 21.0 Å². The fourth-order valence-corrected chi connectivity index (χ4v) is 3.11. The minimum atomic E-state index is -0.502. The molecule has 0 bridgehead atoms. The highest BCUT2D eigenvalue weighted by molar-refractivity contribution is 9.10. The molecular formula is C22H18BrN5O5. The molecule has 4 N–H and O–H groups in total. The third-order valence-corrected chi connectivity index (χ3v) is 4.89. The molecule has 0 aliphatic carbocycles. The van der Waals surface area contributed by atoms with Gasteiger partial charge < -0.3 is 10.1 Å². The van der Waals surface area contributed by atoms with Gasteiger partial charge in [0.25, 0.3) is 11.8 Å². The highest BCUT2D eigenvalue weighted by atomic mass is 79.9. The number of nitroso groups, excluding NO2 is 1. The highest BCUT2D eigenvalue weighted by Gasteiger charge is 2.10. The van der Waals surface area contributed by atoms with Gasteiger partial charge >= 0.3 is 0 Å². The summed E-state index contributed by atoms with van der Waals surface area (Å²) in [6.07, 6.45) is 1.40. The number of carbonyl (C=O) groups excluding carboxylic acids is 2. The predicted molar refractivity (Wildman–Crippen MR) is 126 cm³/mol. The fourth-order valence-electron chi connectivity index (χ4n) is 2.65. The van der Waals surface area contributed by atoms with Crippen LogP contribution >= 0.6 is 15.9 Å². The summed E-state index contributed by atoms with van der Waals surface area (Å²) in [6, 6.07) is 17.9. The zero-order chi connectivity index (χ0) is 23.6. The van der Waals surface area contributed by atoms with Crippen molar-refractivity contribution in [3.05, 3.63) is 87.2 Å². The lowest BCUT2D eigenvalue weighted by molar-refractivity contribution is -0.120. The van der Waals surface area contributed by atoms with Crippen LogP contribution in [0.25, 0.3) is 0 Å². The van der Waals surface area contributed by atoms with Crippen molar-refractivity contribution in [3.8, 4) is 11.5 Å². The summed E-state index contributed by atoms with van der Waals surface area (Å²) in [5.74, 6) is -0.287. The SMILES string of the molecule is O=Nc1cc(NO)ccc1Oc1cccc(C=NNC(=O)CNC(=O)c2ccccc2Br)c1. The van der Waals surface area contributed by atoms with Crippen molar-refractivity contribution in [1.29, 1.82) is 0 Å². The number of halogens is 1. The third-order valence-electron chi connectivity index (χ3n) is 4.20. The van der Waals surface area contributed by atoms with Crippen LogP contribution in [0, 0.1) is 4.91 Å². The Kier molecular flexibility index (Phi) is 8.22. The Morgan fingerprint density at radius 3 is 2.64 bits per heavy atom. The van der Waals surface area contributed by atoms with Crippen LogP contribution in [-0.4, -0.2) is 29.8 Å². The van der Waals surface area contributed by atoms with Crippen LogP contribution in [0.5, 0.6) is 11.5 Å². The van der Waals surface area contributed by atoms with E-state index >= 15 is 0 Å². The van der Waals surface area contributed by atoms with Crippen molar-refractivity contribution in [3.63, 3.8) is 0 Å². The minimum Gasteiger partial charge on any atom is -0.455 e. The van der Waals surface area contributed by atoms with Crippen LogP contribution in [0.2, 0.25) is 0 Å². The second-order valence-electron chi connectivity index (χ2n) is 6.52. The molecule has 0 unspecified atom stereocenters. The number of amides is 2. The number of benzene rings is 3. The smallest absolute Gasteiger partial charge is 0.259 e. The third kappa shape index (κ3) is 6.69. The van der Waals surface area contributed by atoms with E-state index in [1.165, 1.54) is 24.4 Å². The van der Waals surface area contributed by atoms with Crippen molar-refractivity contribution < 1.29 is 19.5 Å². The van der Waals surface area contributed by atoms with Gasteiger partial charge in [-0.1, -0.05) is 24.3 Å². The van der Waals surface area contributed by atoms with Gasteiger partial charge in [-0.15, -0.1) is 4.91 Å². The molecule has 0 spiro atoms. The quantitative estimate of drug-likeness (QED) is 0.191. The van der Waals surface area contributed by atoms with E-state index < -0.39 is 11.8 Å². The fraction of sp³-hybridized carbons (Fsp3) is 0.0455. The molecule has 0 saturated carbocycles. The molecule has 0 fully saturated rings. The second kappa shape index (κ2) is 11.5. The van der Waals surface area contributed by atoms with Crippen molar-refractivity contribution in [2.75, 3.05) is 12.0 Å². The average molecular weight is 512 g/mol. The first kappa shape index (κ1) is 23.6. The summed E-state index contributed by atoms with van der Waals surface area (Å²) >= 11 is 3.28. The van der Waals surface area contributed by atoms with E-state index in [0.29, 0.717) is 27.0 Å². The van der Waals surface area contributed by atoms with E-state index in [1.54, 1.807) is 48.5 Å². The first-order valence-corrected chi connectivity index (χ1v) is 10.3. The van der Waals surface area contributed by atoms with E-state index in [-0.39, 0.29) is 18.0 Å². The number of anilines is 1. The minimum absolute atomic E-state index is 0.00460. The number of nitrogens with zero attached hydrogens (tertiary/aromatic N) is 2. The molecule has 0 saturated heterocycles. The molecule has 3 aromatic carbocycles. The van der Waals surface area contributed by atoms with E-state index in [2.05, 4.69) is 37.0 Å². The van der Waals surface area contributed by atoms with Gasteiger partial charge in [0.05, 0.1) is 24.0 Å². The summed E-state index contributed by atoms with van der Waals surface area (Å²) in [7, 11) is 0. The first-order chi connectivity index (χ1) is 16.0. The molecule has 33 heavy (non-hydrogen) atoms. The zero-order valence-corrected chi connectivity index (χ0v) is 18.6. The number of hydrogen-bond acceptors (Lipinski definition) is 8. The van der Waals surface area contributed by atoms with E-state index in [4.69, 9.17) is 9.94 Å². The van der Waals surface area contributed by atoms with Crippen LogP contribution in [0.3, 0.4) is 0 Å². The predicted octanol–water partition coefficient (Wildman–Crippen LogP) is 4.32. The normalized spacial score (nSPS) is 10.5. The lowest BCUT2D eigenvalue weighted by atomic mass is 10.2. The largest absolute Gasteiger partial charge is 0.455 e. The molecule has 0 radical (unpaired) electrons. The molecule has 0 heterocycles. The molecule has 0 aliphatic rings. The molecule has 2 amide bonds. The zero-order valence-electron chi connectivity index (χ0n) is 17.0. The van der Waals surface area contributed by atoms with Gasteiger partial charge in [0.1, 0.15) is 5.75 Å². The molecule has 0 atom stereocenters. The van der Waals surface area contributed by atoms with Gasteiger partial charge in [-0.05, 0) is 69.1 Å². The Morgan fingerprint density at radius 1 is 1.06 bits per heavy atom. The van der Waals surface area contributed by atoms with Crippen molar-refractivity contribution in [2.24, 2.45) is 10.3 Å². The molecule has 0 aliphatic heterocycles. The lowest BCUT2D eigenvalue weighted by Gasteiger charge is -2.09.